The molecule has 2 heteroatoms. The molecule has 0 aromatic heterocycles. The zero-order chi connectivity index (χ0) is 21.8. The van der Waals surface area contributed by atoms with Gasteiger partial charge in [-0.15, -0.1) is 0 Å². The molecule has 0 radical (unpaired) electrons. The molecular formula is C30H24N2. The van der Waals surface area contributed by atoms with Gasteiger partial charge in [-0.05, 0) is 41.0 Å². The number of hydrogen-bond acceptors (Lipinski definition) is 2. The molecule has 0 aliphatic rings. The second-order valence-corrected chi connectivity index (χ2v) is 7.72. The van der Waals surface area contributed by atoms with Gasteiger partial charge in [0.1, 0.15) is 0 Å². The van der Waals surface area contributed by atoms with Gasteiger partial charge in [-0.1, -0.05) is 103 Å². The summed E-state index contributed by atoms with van der Waals surface area (Å²) in [4.78, 5) is 0. The first-order valence-corrected chi connectivity index (χ1v) is 10.8. The Labute approximate surface area is 189 Å². The van der Waals surface area contributed by atoms with Crippen LogP contribution in [0.2, 0.25) is 0 Å². The van der Waals surface area contributed by atoms with Crippen molar-refractivity contribution >= 4 is 17.1 Å². The van der Waals surface area contributed by atoms with E-state index in [0.29, 0.717) is 0 Å². The molecule has 5 aromatic rings. The molecule has 0 aliphatic carbocycles. The summed E-state index contributed by atoms with van der Waals surface area (Å²) in [5.41, 5.74) is 16.1. The van der Waals surface area contributed by atoms with Crippen molar-refractivity contribution in [3.05, 3.63) is 127 Å². The number of nitrogen functional groups attached to an aromatic ring is 1. The Balaban J connectivity index is 1.84. The van der Waals surface area contributed by atoms with E-state index in [9.17, 15) is 0 Å². The second-order valence-electron chi connectivity index (χ2n) is 7.72. The predicted molar refractivity (Wildman–Crippen MR) is 137 cm³/mol. The Morgan fingerprint density at radius 3 is 1.66 bits per heavy atom. The van der Waals surface area contributed by atoms with E-state index in [4.69, 9.17) is 5.73 Å². The molecule has 0 amide bonds. The lowest BCUT2D eigenvalue weighted by molar-refractivity contribution is 1.51. The maximum atomic E-state index is 6.53. The van der Waals surface area contributed by atoms with E-state index < -0.39 is 0 Å². The molecule has 0 saturated carbocycles. The highest BCUT2D eigenvalue weighted by molar-refractivity contribution is 6.03. The first-order valence-electron chi connectivity index (χ1n) is 10.8. The molecule has 0 spiro atoms. The van der Waals surface area contributed by atoms with Gasteiger partial charge in [-0.3, -0.25) is 0 Å². The van der Waals surface area contributed by atoms with Crippen molar-refractivity contribution in [1.82, 2.24) is 0 Å². The third-order valence-corrected chi connectivity index (χ3v) is 5.64. The van der Waals surface area contributed by atoms with Crippen molar-refractivity contribution < 1.29 is 0 Å². The maximum absolute atomic E-state index is 6.53. The number of hydrogen-bond donors (Lipinski definition) is 2. The molecule has 0 saturated heterocycles. The van der Waals surface area contributed by atoms with Gasteiger partial charge in [0, 0.05) is 33.8 Å². The molecule has 0 heterocycles. The summed E-state index contributed by atoms with van der Waals surface area (Å²) in [6.07, 6.45) is 0. The van der Waals surface area contributed by atoms with Crippen molar-refractivity contribution in [2.45, 2.75) is 0 Å². The third-order valence-electron chi connectivity index (χ3n) is 5.64. The smallest absolute Gasteiger partial charge is 0.0470 e. The minimum absolute atomic E-state index is 0.763. The molecule has 5 rings (SSSR count). The third kappa shape index (κ3) is 3.86. The van der Waals surface area contributed by atoms with Gasteiger partial charge in [0.25, 0.3) is 0 Å². The number of rotatable bonds is 5. The zero-order valence-corrected chi connectivity index (χ0v) is 17.7. The SMILES string of the molecule is Nc1ccccc1-c1c(-c2ccccc2)ccc(Nc2ccccc2)c1-c1ccccc1. The van der Waals surface area contributed by atoms with Gasteiger partial charge < -0.3 is 11.1 Å². The molecule has 154 valence electrons. The standard InChI is InChI=1S/C30H24N2/c31-27-19-11-10-18-26(27)30-25(22-12-4-1-5-13-22)20-21-28(32-24-16-8-3-9-17-24)29(30)23-14-6-2-7-15-23/h1-21,32H,31H2. The first-order chi connectivity index (χ1) is 15.8. The van der Waals surface area contributed by atoms with E-state index in [0.717, 1.165) is 50.4 Å². The van der Waals surface area contributed by atoms with E-state index in [2.05, 4.69) is 84.2 Å². The molecule has 0 unspecified atom stereocenters. The monoisotopic (exact) mass is 412 g/mol. The van der Waals surface area contributed by atoms with Crippen LogP contribution in [0.5, 0.6) is 0 Å². The summed E-state index contributed by atoms with van der Waals surface area (Å²) < 4.78 is 0. The summed E-state index contributed by atoms with van der Waals surface area (Å²) in [6.45, 7) is 0. The van der Waals surface area contributed by atoms with Crippen molar-refractivity contribution in [2.75, 3.05) is 11.1 Å². The van der Waals surface area contributed by atoms with E-state index in [-0.39, 0.29) is 0 Å². The van der Waals surface area contributed by atoms with Crippen LogP contribution < -0.4 is 11.1 Å². The van der Waals surface area contributed by atoms with E-state index in [1.807, 2.05) is 48.5 Å². The van der Waals surface area contributed by atoms with Crippen LogP contribution in [-0.2, 0) is 0 Å². The lowest BCUT2D eigenvalue weighted by Crippen LogP contribution is -1.99. The van der Waals surface area contributed by atoms with Crippen LogP contribution in [0.4, 0.5) is 17.1 Å². The molecular weight excluding hydrogens is 388 g/mol. The summed E-state index contributed by atoms with van der Waals surface area (Å²) in [5, 5.41) is 3.64. The summed E-state index contributed by atoms with van der Waals surface area (Å²) in [7, 11) is 0. The van der Waals surface area contributed by atoms with Crippen LogP contribution in [0.15, 0.2) is 127 Å². The maximum Gasteiger partial charge on any atom is 0.0470 e. The largest absolute Gasteiger partial charge is 0.398 e. The molecule has 0 bridgehead atoms. The van der Waals surface area contributed by atoms with Gasteiger partial charge in [0.15, 0.2) is 0 Å². The number of para-hydroxylation sites is 2. The number of benzene rings is 5. The van der Waals surface area contributed by atoms with E-state index >= 15 is 0 Å². The van der Waals surface area contributed by atoms with Crippen molar-refractivity contribution in [2.24, 2.45) is 0 Å². The zero-order valence-electron chi connectivity index (χ0n) is 17.7. The molecule has 5 aromatic carbocycles. The summed E-state index contributed by atoms with van der Waals surface area (Å²) in [6, 6.07) is 43.7. The van der Waals surface area contributed by atoms with Gasteiger partial charge in [-0.25, -0.2) is 0 Å². The number of nitrogens with one attached hydrogen (secondary N) is 1. The number of nitrogens with two attached hydrogens (primary N) is 1. The molecule has 0 atom stereocenters. The van der Waals surface area contributed by atoms with E-state index in [1.54, 1.807) is 0 Å². The minimum Gasteiger partial charge on any atom is -0.398 e. The van der Waals surface area contributed by atoms with Gasteiger partial charge >= 0.3 is 0 Å². The quantitative estimate of drug-likeness (QED) is 0.287. The second kappa shape index (κ2) is 8.83. The Kier molecular flexibility index (Phi) is 5.42. The minimum atomic E-state index is 0.763. The average molecular weight is 413 g/mol. The Bertz CT molecular complexity index is 1330. The highest BCUT2D eigenvalue weighted by atomic mass is 14.9. The van der Waals surface area contributed by atoms with Crippen molar-refractivity contribution in [3.8, 4) is 33.4 Å². The highest BCUT2D eigenvalue weighted by Crippen LogP contribution is 2.46. The first kappa shape index (κ1) is 19.7. The fraction of sp³-hybridized carbons (Fsp3) is 0. The summed E-state index contributed by atoms with van der Waals surface area (Å²) >= 11 is 0. The van der Waals surface area contributed by atoms with Crippen LogP contribution in [0, 0.1) is 0 Å². The average Bonchev–Trinajstić information content (AvgIpc) is 2.86. The van der Waals surface area contributed by atoms with Gasteiger partial charge in [-0.2, -0.15) is 0 Å². The van der Waals surface area contributed by atoms with Gasteiger partial charge in [0.2, 0.25) is 0 Å². The Morgan fingerprint density at radius 1 is 0.438 bits per heavy atom. The Morgan fingerprint density at radius 2 is 1.00 bits per heavy atom. The normalized spacial score (nSPS) is 10.6. The van der Waals surface area contributed by atoms with Crippen molar-refractivity contribution in [3.63, 3.8) is 0 Å². The molecule has 3 N–H and O–H groups in total. The lowest BCUT2D eigenvalue weighted by Gasteiger charge is -2.22. The van der Waals surface area contributed by atoms with Crippen molar-refractivity contribution in [1.29, 1.82) is 0 Å². The molecule has 0 fully saturated rings. The van der Waals surface area contributed by atoms with Crippen LogP contribution in [0.3, 0.4) is 0 Å². The molecule has 32 heavy (non-hydrogen) atoms. The number of anilines is 3. The Hall–Kier alpha value is -4.30. The van der Waals surface area contributed by atoms with Crippen LogP contribution in [-0.4, -0.2) is 0 Å². The lowest BCUT2D eigenvalue weighted by atomic mass is 9.86. The fourth-order valence-electron chi connectivity index (χ4n) is 4.15. The summed E-state index contributed by atoms with van der Waals surface area (Å²) in [5.74, 6) is 0. The van der Waals surface area contributed by atoms with Gasteiger partial charge in [0.05, 0.1) is 0 Å². The van der Waals surface area contributed by atoms with Crippen LogP contribution in [0.1, 0.15) is 0 Å². The van der Waals surface area contributed by atoms with E-state index in [1.165, 1.54) is 0 Å². The van der Waals surface area contributed by atoms with Crippen LogP contribution >= 0.6 is 0 Å². The molecule has 2 nitrogen and oxygen atoms in total. The van der Waals surface area contributed by atoms with Crippen LogP contribution in [0.25, 0.3) is 33.4 Å². The fourth-order valence-corrected chi connectivity index (χ4v) is 4.15. The highest BCUT2D eigenvalue weighted by Gasteiger charge is 2.19. The predicted octanol–water partition coefficient (Wildman–Crippen LogP) is 8.01. The molecule has 0 aliphatic heterocycles. The topological polar surface area (TPSA) is 38.0 Å².